The third-order valence-electron chi connectivity index (χ3n) is 6.34. The van der Waals surface area contributed by atoms with Crippen LogP contribution in [0.3, 0.4) is 0 Å². The monoisotopic (exact) mass is 428 g/mol. The van der Waals surface area contributed by atoms with Gasteiger partial charge in [0.15, 0.2) is 5.65 Å². The first-order valence-electron chi connectivity index (χ1n) is 10.4. The number of nitrogen functional groups attached to an aromatic ring is 1. The molecule has 5 heterocycles. The van der Waals surface area contributed by atoms with Gasteiger partial charge < -0.3 is 16.0 Å². The van der Waals surface area contributed by atoms with Crippen LogP contribution in [0.15, 0.2) is 48.8 Å². The first-order valence-corrected chi connectivity index (χ1v) is 10.4. The van der Waals surface area contributed by atoms with Gasteiger partial charge in [0.2, 0.25) is 0 Å². The fraction of sp³-hybridized carbons (Fsp3) is 0.227. The van der Waals surface area contributed by atoms with Crippen molar-refractivity contribution >= 4 is 40.1 Å². The lowest BCUT2D eigenvalue weighted by Crippen LogP contribution is -2.55. The van der Waals surface area contributed by atoms with Crippen LogP contribution in [0.25, 0.3) is 27.7 Å². The fourth-order valence-corrected chi connectivity index (χ4v) is 4.55. The van der Waals surface area contributed by atoms with E-state index in [-0.39, 0.29) is 5.91 Å². The molecule has 3 amide bonds. The van der Waals surface area contributed by atoms with E-state index in [1.807, 2.05) is 30.5 Å². The van der Waals surface area contributed by atoms with Gasteiger partial charge in [-0.3, -0.25) is 15.1 Å². The van der Waals surface area contributed by atoms with Crippen LogP contribution in [0.1, 0.15) is 12.8 Å². The van der Waals surface area contributed by atoms with Gasteiger partial charge >= 0.3 is 6.03 Å². The van der Waals surface area contributed by atoms with Crippen LogP contribution in [0.2, 0.25) is 0 Å². The van der Waals surface area contributed by atoms with E-state index in [1.165, 1.54) is 0 Å². The molecule has 2 fully saturated rings. The Morgan fingerprint density at radius 3 is 2.66 bits per heavy atom. The third-order valence-corrected chi connectivity index (χ3v) is 6.34. The summed E-state index contributed by atoms with van der Waals surface area (Å²) < 4.78 is 1.62. The van der Waals surface area contributed by atoms with Crippen molar-refractivity contribution in [1.82, 2.24) is 30.2 Å². The molecule has 0 aliphatic carbocycles. The number of urea groups is 1. The molecule has 160 valence electrons. The highest BCUT2D eigenvalue weighted by atomic mass is 16.2. The van der Waals surface area contributed by atoms with E-state index in [0.29, 0.717) is 43.2 Å². The molecule has 0 unspecified atom stereocenters. The van der Waals surface area contributed by atoms with Crippen molar-refractivity contribution in [1.29, 1.82) is 0 Å². The number of piperidine rings is 1. The molecule has 0 saturated carbocycles. The number of rotatable bonds is 2. The van der Waals surface area contributed by atoms with E-state index in [2.05, 4.69) is 31.7 Å². The summed E-state index contributed by atoms with van der Waals surface area (Å²) in [6.07, 6.45) is 4.56. The molecule has 3 aromatic heterocycles. The summed E-state index contributed by atoms with van der Waals surface area (Å²) in [5.74, 6) is 0.925. The van der Waals surface area contributed by atoms with Gasteiger partial charge in [0.05, 0.1) is 11.7 Å². The van der Waals surface area contributed by atoms with Crippen LogP contribution in [0, 0.1) is 0 Å². The number of pyridine rings is 1. The molecule has 0 radical (unpaired) electrons. The number of nitrogens with zero attached hydrogens (tertiary/aromatic N) is 5. The van der Waals surface area contributed by atoms with Crippen LogP contribution in [-0.4, -0.2) is 50.1 Å². The zero-order valence-corrected chi connectivity index (χ0v) is 17.1. The quantitative estimate of drug-likeness (QED) is 0.414. The highest BCUT2D eigenvalue weighted by Crippen LogP contribution is 2.31. The Hall–Kier alpha value is -4.21. The van der Waals surface area contributed by atoms with Crippen LogP contribution < -0.4 is 21.3 Å². The topological polar surface area (TPSA) is 131 Å². The molecule has 6 rings (SSSR count). The molecular formula is C22H20N8O2. The maximum Gasteiger partial charge on any atom is 0.322 e. The Bertz CT molecular complexity index is 1400. The first kappa shape index (κ1) is 18.6. The number of aromatic nitrogens is 4. The Kier molecular flexibility index (Phi) is 3.85. The second-order valence-electron chi connectivity index (χ2n) is 8.23. The van der Waals surface area contributed by atoms with E-state index in [9.17, 15) is 9.59 Å². The van der Waals surface area contributed by atoms with Gasteiger partial charge in [0, 0.05) is 41.9 Å². The molecule has 0 bridgehead atoms. The number of amides is 3. The van der Waals surface area contributed by atoms with Crippen LogP contribution in [0.4, 0.5) is 16.4 Å². The molecule has 1 spiro atoms. The average Bonchev–Trinajstić information content (AvgIpc) is 3.34. The summed E-state index contributed by atoms with van der Waals surface area (Å²) in [5, 5.41) is 10.6. The van der Waals surface area contributed by atoms with Crippen LogP contribution in [0.5, 0.6) is 0 Å². The lowest BCUT2D eigenvalue weighted by Gasteiger charge is -2.37. The van der Waals surface area contributed by atoms with Crippen molar-refractivity contribution < 1.29 is 9.59 Å². The minimum atomic E-state index is -0.832. The molecule has 4 aromatic rings. The number of nitrogens with two attached hydrogens (primary N) is 1. The zero-order valence-electron chi connectivity index (χ0n) is 17.1. The smallest absolute Gasteiger partial charge is 0.322 e. The van der Waals surface area contributed by atoms with Crippen molar-refractivity contribution in [3.05, 3.63) is 48.8 Å². The predicted octanol–water partition coefficient (Wildman–Crippen LogP) is 1.71. The zero-order chi connectivity index (χ0) is 21.9. The van der Waals surface area contributed by atoms with Gasteiger partial charge in [-0.15, -0.1) is 0 Å². The fourth-order valence-electron chi connectivity index (χ4n) is 4.55. The van der Waals surface area contributed by atoms with Gasteiger partial charge in [-0.05, 0) is 25.0 Å². The number of fused-ring (bicyclic) bond motifs is 2. The summed E-state index contributed by atoms with van der Waals surface area (Å²) in [4.78, 5) is 35.3. The van der Waals surface area contributed by atoms with E-state index in [0.717, 1.165) is 22.0 Å². The summed E-state index contributed by atoms with van der Waals surface area (Å²) in [6.45, 7) is 1.13. The number of anilines is 2. The molecule has 2 aliphatic rings. The molecule has 4 N–H and O–H groups in total. The molecule has 10 nitrogen and oxygen atoms in total. The van der Waals surface area contributed by atoms with Gasteiger partial charge in [-0.2, -0.15) is 9.61 Å². The molecule has 2 saturated heterocycles. The number of nitrogens with one attached hydrogen (secondary N) is 2. The maximum atomic E-state index is 12.2. The standard InChI is InChI=1S/C22H20N8O2/c23-17-10-18(29-7-5-22(6-8-29)20(31)27-21(32)28-22)26-19-15(12-25-30(17)19)14-9-13-3-1-2-4-16(13)24-11-14/h1-4,9-12H,5-8,23H2,(H2,27,28,31,32). The second-order valence-corrected chi connectivity index (χ2v) is 8.23. The van der Waals surface area contributed by atoms with Crippen molar-refractivity contribution in [3.63, 3.8) is 0 Å². The van der Waals surface area contributed by atoms with E-state index in [4.69, 9.17) is 10.7 Å². The largest absolute Gasteiger partial charge is 0.383 e. The normalized spacial score (nSPS) is 17.8. The summed E-state index contributed by atoms with van der Waals surface area (Å²) >= 11 is 0. The number of hydrogen-bond acceptors (Lipinski definition) is 7. The van der Waals surface area contributed by atoms with Crippen molar-refractivity contribution in [2.45, 2.75) is 18.4 Å². The van der Waals surface area contributed by atoms with Crippen LogP contribution in [-0.2, 0) is 4.79 Å². The lowest BCUT2D eigenvalue weighted by atomic mass is 9.88. The molecule has 1 aromatic carbocycles. The summed E-state index contributed by atoms with van der Waals surface area (Å²) in [5.41, 5.74) is 8.78. The highest BCUT2D eigenvalue weighted by molar-refractivity contribution is 6.07. The molecule has 32 heavy (non-hydrogen) atoms. The lowest BCUT2D eigenvalue weighted by molar-refractivity contribution is -0.124. The highest BCUT2D eigenvalue weighted by Gasteiger charge is 2.48. The number of imide groups is 1. The van der Waals surface area contributed by atoms with Gasteiger partial charge in [-0.1, -0.05) is 18.2 Å². The van der Waals surface area contributed by atoms with E-state index < -0.39 is 11.6 Å². The van der Waals surface area contributed by atoms with E-state index >= 15 is 0 Å². The number of carbonyl (C=O) groups excluding carboxylic acids is 2. The van der Waals surface area contributed by atoms with Gasteiger partial charge in [0.1, 0.15) is 17.2 Å². The molecular weight excluding hydrogens is 408 g/mol. The Morgan fingerprint density at radius 2 is 1.88 bits per heavy atom. The average molecular weight is 428 g/mol. The number of hydrogen-bond donors (Lipinski definition) is 3. The minimum absolute atomic E-state index is 0.257. The Morgan fingerprint density at radius 1 is 1.06 bits per heavy atom. The van der Waals surface area contributed by atoms with Gasteiger partial charge in [0.25, 0.3) is 5.91 Å². The number of para-hydroxylation sites is 1. The summed E-state index contributed by atoms with van der Waals surface area (Å²) in [7, 11) is 0. The Balaban J connectivity index is 1.36. The predicted molar refractivity (Wildman–Crippen MR) is 119 cm³/mol. The third kappa shape index (κ3) is 2.76. The maximum absolute atomic E-state index is 12.2. The van der Waals surface area contributed by atoms with E-state index in [1.54, 1.807) is 16.8 Å². The Labute approximate surface area is 182 Å². The van der Waals surface area contributed by atoms with Crippen molar-refractivity contribution in [2.75, 3.05) is 23.7 Å². The molecule has 2 aliphatic heterocycles. The van der Waals surface area contributed by atoms with Gasteiger partial charge in [-0.25, -0.2) is 9.78 Å². The number of benzene rings is 1. The minimum Gasteiger partial charge on any atom is -0.383 e. The number of carbonyl (C=O) groups is 2. The van der Waals surface area contributed by atoms with Crippen molar-refractivity contribution in [3.8, 4) is 11.1 Å². The molecule has 0 atom stereocenters. The summed E-state index contributed by atoms with van der Waals surface area (Å²) in [6, 6.07) is 11.4. The molecule has 10 heteroatoms. The second kappa shape index (κ2) is 6.64. The SMILES string of the molecule is Nc1cc(N2CCC3(CC2)NC(=O)NC3=O)nc2c(-c3cnc4ccccc4c3)cnn12. The van der Waals surface area contributed by atoms with Crippen molar-refractivity contribution in [2.24, 2.45) is 0 Å². The first-order chi connectivity index (χ1) is 15.5. The van der Waals surface area contributed by atoms with Crippen LogP contribution >= 0.6 is 0 Å².